The summed E-state index contributed by atoms with van der Waals surface area (Å²) in [6.45, 7) is 2.98. The zero-order valence-corrected chi connectivity index (χ0v) is 17.1. The molecule has 2 aromatic rings. The number of carbonyl (C=O) groups is 2. The topological polar surface area (TPSA) is 73.9 Å². The molecule has 0 fully saturated rings. The van der Waals surface area contributed by atoms with Crippen LogP contribution in [0.25, 0.3) is 0 Å². The Morgan fingerprint density at radius 2 is 1.76 bits per heavy atom. The number of methoxy groups -OCH3 is 1. The molecule has 0 radical (unpaired) electrons. The number of para-hydroxylation sites is 1. The molecular weight excluding hydrogens is 370 g/mol. The monoisotopic (exact) mass is 399 g/mol. The third-order valence-electron chi connectivity index (χ3n) is 4.33. The Bertz CT molecular complexity index is 763. The van der Waals surface area contributed by atoms with E-state index < -0.39 is 12.0 Å². The van der Waals surface area contributed by atoms with Crippen LogP contribution in [0, 0.1) is 0 Å². The zero-order chi connectivity index (χ0) is 20.9. The molecule has 0 aliphatic rings. The van der Waals surface area contributed by atoms with Gasteiger partial charge in [-0.3, -0.25) is 4.79 Å². The molecule has 156 valence electrons. The fourth-order valence-electron chi connectivity index (χ4n) is 2.89. The molecule has 0 saturated carbocycles. The lowest BCUT2D eigenvalue weighted by Crippen LogP contribution is -2.43. The third-order valence-corrected chi connectivity index (χ3v) is 4.33. The van der Waals surface area contributed by atoms with Gasteiger partial charge in [-0.2, -0.15) is 0 Å². The van der Waals surface area contributed by atoms with Crippen LogP contribution in [0.3, 0.4) is 0 Å². The highest BCUT2D eigenvalue weighted by Crippen LogP contribution is 2.19. The van der Waals surface area contributed by atoms with E-state index in [0.717, 1.165) is 11.1 Å². The fourth-order valence-corrected chi connectivity index (χ4v) is 2.89. The van der Waals surface area contributed by atoms with Crippen LogP contribution >= 0.6 is 0 Å². The molecule has 6 heteroatoms. The van der Waals surface area contributed by atoms with Gasteiger partial charge in [-0.1, -0.05) is 48.5 Å². The van der Waals surface area contributed by atoms with Gasteiger partial charge in [0.15, 0.2) is 0 Å². The second-order valence-electron chi connectivity index (χ2n) is 6.53. The Balaban J connectivity index is 1.82. The number of esters is 1. The summed E-state index contributed by atoms with van der Waals surface area (Å²) in [7, 11) is 1.58. The summed E-state index contributed by atoms with van der Waals surface area (Å²) in [6, 6.07) is 16.5. The average molecular weight is 399 g/mol. The molecule has 0 saturated heterocycles. The molecule has 29 heavy (non-hydrogen) atoms. The SMILES string of the molecule is CCOC(=O)C(Cc1ccccc1OC)NC(=O)CCCOCc1ccccc1. The predicted molar refractivity (Wildman–Crippen MR) is 111 cm³/mol. The molecule has 0 aliphatic carbocycles. The van der Waals surface area contributed by atoms with Crippen molar-refractivity contribution in [2.24, 2.45) is 0 Å². The smallest absolute Gasteiger partial charge is 0.328 e. The minimum Gasteiger partial charge on any atom is -0.496 e. The normalized spacial score (nSPS) is 11.5. The lowest BCUT2D eigenvalue weighted by Gasteiger charge is -2.18. The lowest BCUT2D eigenvalue weighted by atomic mass is 10.0. The van der Waals surface area contributed by atoms with Gasteiger partial charge >= 0.3 is 5.97 Å². The quantitative estimate of drug-likeness (QED) is 0.438. The maximum Gasteiger partial charge on any atom is 0.328 e. The number of hydrogen-bond donors (Lipinski definition) is 1. The van der Waals surface area contributed by atoms with Crippen molar-refractivity contribution < 1.29 is 23.8 Å². The number of ether oxygens (including phenoxy) is 3. The minimum atomic E-state index is -0.760. The first-order valence-corrected chi connectivity index (χ1v) is 9.83. The van der Waals surface area contributed by atoms with Crippen molar-refractivity contribution in [1.82, 2.24) is 5.32 Å². The van der Waals surface area contributed by atoms with E-state index in [-0.39, 0.29) is 18.9 Å². The first kappa shape index (κ1) is 22.4. The first-order valence-electron chi connectivity index (χ1n) is 9.83. The molecular formula is C23H29NO5. The summed E-state index contributed by atoms with van der Waals surface area (Å²) in [4.78, 5) is 24.6. The summed E-state index contributed by atoms with van der Waals surface area (Å²) < 4.78 is 16.1. The molecule has 1 atom stereocenters. The van der Waals surface area contributed by atoms with E-state index >= 15 is 0 Å². The van der Waals surface area contributed by atoms with Crippen LogP contribution in [0.15, 0.2) is 54.6 Å². The Hall–Kier alpha value is -2.86. The van der Waals surface area contributed by atoms with E-state index in [2.05, 4.69) is 5.32 Å². The number of amides is 1. The highest BCUT2D eigenvalue weighted by Gasteiger charge is 2.23. The average Bonchev–Trinajstić information content (AvgIpc) is 2.74. The Kier molecular flexibility index (Phi) is 9.72. The van der Waals surface area contributed by atoms with Crippen molar-refractivity contribution in [3.05, 3.63) is 65.7 Å². The molecule has 6 nitrogen and oxygen atoms in total. The molecule has 1 N–H and O–H groups in total. The maximum atomic E-state index is 12.3. The van der Waals surface area contributed by atoms with Crippen molar-refractivity contribution in [3.63, 3.8) is 0 Å². The van der Waals surface area contributed by atoms with Gasteiger partial charge < -0.3 is 19.5 Å². The van der Waals surface area contributed by atoms with E-state index in [4.69, 9.17) is 14.2 Å². The molecule has 2 aromatic carbocycles. The van der Waals surface area contributed by atoms with Crippen molar-refractivity contribution >= 4 is 11.9 Å². The molecule has 0 heterocycles. The predicted octanol–water partition coefficient (Wildman–Crippen LogP) is 3.28. The van der Waals surface area contributed by atoms with Gasteiger partial charge in [0.05, 0.1) is 20.3 Å². The molecule has 1 amide bonds. The Labute approximate surface area is 172 Å². The van der Waals surface area contributed by atoms with Gasteiger partial charge in [-0.25, -0.2) is 4.79 Å². The first-order chi connectivity index (χ1) is 14.1. The van der Waals surface area contributed by atoms with Crippen molar-refractivity contribution in [2.75, 3.05) is 20.3 Å². The fraction of sp³-hybridized carbons (Fsp3) is 0.391. The van der Waals surface area contributed by atoms with Crippen LogP contribution in [0.4, 0.5) is 0 Å². The largest absolute Gasteiger partial charge is 0.496 e. The van der Waals surface area contributed by atoms with Gasteiger partial charge in [0.1, 0.15) is 11.8 Å². The van der Waals surface area contributed by atoms with E-state index in [1.807, 2.05) is 54.6 Å². The van der Waals surface area contributed by atoms with Gasteiger partial charge in [0, 0.05) is 19.4 Å². The van der Waals surface area contributed by atoms with Crippen LogP contribution in [0.5, 0.6) is 5.75 Å². The van der Waals surface area contributed by atoms with Crippen LogP contribution in [0.2, 0.25) is 0 Å². The maximum absolute atomic E-state index is 12.3. The van der Waals surface area contributed by atoms with Crippen LogP contribution in [-0.4, -0.2) is 38.2 Å². The van der Waals surface area contributed by atoms with E-state index in [1.165, 1.54) is 0 Å². The molecule has 0 aliphatic heterocycles. The summed E-state index contributed by atoms with van der Waals surface area (Å²) in [5, 5.41) is 2.79. The lowest BCUT2D eigenvalue weighted by molar-refractivity contribution is -0.147. The Morgan fingerprint density at radius 3 is 2.48 bits per heavy atom. The van der Waals surface area contributed by atoms with Crippen LogP contribution < -0.4 is 10.1 Å². The summed E-state index contributed by atoms with van der Waals surface area (Å²) >= 11 is 0. The van der Waals surface area contributed by atoms with Crippen LogP contribution in [0.1, 0.15) is 30.9 Å². The van der Waals surface area contributed by atoms with E-state index in [1.54, 1.807) is 14.0 Å². The number of hydrogen-bond acceptors (Lipinski definition) is 5. The second-order valence-corrected chi connectivity index (χ2v) is 6.53. The summed E-state index contributed by atoms with van der Waals surface area (Å²) in [6.07, 6.45) is 1.15. The van der Waals surface area contributed by atoms with Crippen molar-refractivity contribution in [3.8, 4) is 5.75 Å². The highest BCUT2D eigenvalue weighted by molar-refractivity contribution is 5.84. The van der Waals surface area contributed by atoms with Gasteiger partial charge in [0.2, 0.25) is 5.91 Å². The summed E-state index contributed by atoms with van der Waals surface area (Å²) in [5.41, 5.74) is 1.93. The second kappa shape index (κ2) is 12.6. The van der Waals surface area contributed by atoms with Gasteiger partial charge in [-0.05, 0) is 30.5 Å². The van der Waals surface area contributed by atoms with Gasteiger partial charge in [0.25, 0.3) is 0 Å². The van der Waals surface area contributed by atoms with E-state index in [0.29, 0.717) is 31.8 Å². The standard InChI is InChI=1S/C23H29NO5/c1-3-29-23(26)20(16-19-12-7-8-13-21(19)27-2)24-22(25)14-9-15-28-17-18-10-5-4-6-11-18/h4-8,10-13,20H,3,9,14-17H2,1-2H3,(H,24,25). The zero-order valence-electron chi connectivity index (χ0n) is 17.1. The number of rotatable bonds is 12. The van der Waals surface area contributed by atoms with Gasteiger partial charge in [-0.15, -0.1) is 0 Å². The molecule has 1 unspecified atom stereocenters. The molecule has 0 spiro atoms. The molecule has 0 bridgehead atoms. The molecule has 2 rings (SSSR count). The highest BCUT2D eigenvalue weighted by atomic mass is 16.5. The Morgan fingerprint density at radius 1 is 1.03 bits per heavy atom. The number of benzene rings is 2. The van der Waals surface area contributed by atoms with Crippen LogP contribution in [-0.2, 0) is 32.1 Å². The van der Waals surface area contributed by atoms with E-state index in [9.17, 15) is 9.59 Å². The third kappa shape index (κ3) is 7.95. The molecule has 0 aromatic heterocycles. The number of carbonyl (C=O) groups excluding carboxylic acids is 2. The number of nitrogens with one attached hydrogen (secondary N) is 1. The van der Waals surface area contributed by atoms with Crippen molar-refractivity contribution in [2.45, 2.75) is 38.8 Å². The summed E-state index contributed by atoms with van der Waals surface area (Å²) in [5.74, 6) is 0.0127. The minimum absolute atomic E-state index is 0.207. The van der Waals surface area contributed by atoms with Crippen molar-refractivity contribution in [1.29, 1.82) is 0 Å².